The first-order chi connectivity index (χ1) is 16.8. The first-order valence-electron chi connectivity index (χ1n) is 12.6. The molecule has 7 nitrogen and oxygen atoms in total. The van der Waals surface area contributed by atoms with Gasteiger partial charge in [0.25, 0.3) is 0 Å². The molecule has 198 valence electrons. The van der Waals surface area contributed by atoms with Crippen molar-refractivity contribution in [3.8, 4) is 0 Å². The van der Waals surface area contributed by atoms with Crippen LogP contribution in [0.3, 0.4) is 0 Å². The molecule has 36 heavy (non-hydrogen) atoms. The number of hydrogen-bond donors (Lipinski definition) is 2. The SMILES string of the molecule is CC(C)N(C)[C@@H]1CC[C@H](N2CCC(Nc3ncnc4ccc(C(F)(F)F)cc34)C2=O)[C@H](C(C)(C)O)C1. The molecule has 10 heteroatoms. The summed E-state index contributed by atoms with van der Waals surface area (Å²) in [6, 6.07) is 3.35. The number of benzene rings is 1. The van der Waals surface area contributed by atoms with Gasteiger partial charge in [-0.05, 0) is 78.6 Å². The Morgan fingerprint density at radius 1 is 1.17 bits per heavy atom. The Morgan fingerprint density at radius 2 is 1.89 bits per heavy atom. The van der Waals surface area contributed by atoms with E-state index in [1.807, 2.05) is 18.7 Å². The lowest BCUT2D eigenvalue weighted by Crippen LogP contribution is -2.56. The number of nitrogens with one attached hydrogen (secondary N) is 1. The summed E-state index contributed by atoms with van der Waals surface area (Å²) >= 11 is 0. The highest BCUT2D eigenvalue weighted by Crippen LogP contribution is 2.40. The predicted molar refractivity (Wildman–Crippen MR) is 132 cm³/mol. The van der Waals surface area contributed by atoms with E-state index in [0.29, 0.717) is 30.6 Å². The Hall–Kier alpha value is -2.46. The third-order valence-corrected chi connectivity index (χ3v) is 8.00. The molecule has 1 unspecified atom stereocenters. The Balaban J connectivity index is 1.54. The van der Waals surface area contributed by atoms with Crippen LogP contribution in [0.15, 0.2) is 24.5 Å². The van der Waals surface area contributed by atoms with Crippen molar-refractivity contribution in [2.45, 2.75) is 89.3 Å². The van der Waals surface area contributed by atoms with Gasteiger partial charge in [-0.3, -0.25) is 4.79 Å². The Labute approximate surface area is 210 Å². The zero-order valence-corrected chi connectivity index (χ0v) is 21.5. The molecule has 2 N–H and O–H groups in total. The normalized spacial score (nSPS) is 25.9. The summed E-state index contributed by atoms with van der Waals surface area (Å²) in [5.41, 5.74) is -1.37. The number of alkyl halides is 3. The molecule has 0 bridgehead atoms. The van der Waals surface area contributed by atoms with Crippen molar-refractivity contribution in [2.24, 2.45) is 5.92 Å². The van der Waals surface area contributed by atoms with Crippen LogP contribution in [0.25, 0.3) is 10.9 Å². The van der Waals surface area contributed by atoms with Gasteiger partial charge < -0.3 is 20.2 Å². The highest BCUT2D eigenvalue weighted by molar-refractivity contribution is 5.93. The van der Waals surface area contributed by atoms with E-state index < -0.39 is 23.4 Å². The molecule has 4 atom stereocenters. The van der Waals surface area contributed by atoms with E-state index in [9.17, 15) is 23.1 Å². The fourth-order valence-corrected chi connectivity index (χ4v) is 5.73. The first kappa shape index (κ1) is 26.6. The molecule has 1 aromatic heterocycles. The second-order valence-corrected chi connectivity index (χ2v) is 11.0. The van der Waals surface area contributed by atoms with Gasteiger partial charge in [0.1, 0.15) is 18.2 Å². The van der Waals surface area contributed by atoms with E-state index in [-0.39, 0.29) is 29.1 Å². The van der Waals surface area contributed by atoms with Crippen molar-refractivity contribution in [2.75, 3.05) is 18.9 Å². The number of aromatic nitrogens is 2. The number of carbonyl (C=O) groups is 1. The molecule has 0 spiro atoms. The summed E-state index contributed by atoms with van der Waals surface area (Å²) < 4.78 is 39.8. The van der Waals surface area contributed by atoms with E-state index in [2.05, 4.69) is 41.1 Å². The quantitative estimate of drug-likeness (QED) is 0.607. The van der Waals surface area contributed by atoms with Gasteiger partial charge in [-0.2, -0.15) is 13.2 Å². The van der Waals surface area contributed by atoms with Crippen molar-refractivity contribution >= 4 is 22.6 Å². The largest absolute Gasteiger partial charge is 0.416 e. The van der Waals surface area contributed by atoms with Crippen LogP contribution in [0, 0.1) is 5.92 Å². The number of likely N-dealkylation sites (tertiary alicyclic amines) is 1. The summed E-state index contributed by atoms with van der Waals surface area (Å²) in [5, 5.41) is 14.4. The number of fused-ring (bicyclic) bond motifs is 1. The molecular weight excluding hydrogens is 471 g/mol. The van der Waals surface area contributed by atoms with Crippen molar-refractivity contribution < 1.29 is 23.1 Å². The summed E-state index contributed by atoms with van der Waals surface area (Å²) in [4.78, 5) is 25.9. The number of rotatable bonds is 6. The third-order valence-electron chi connectivity index (χ3n) is 8.00. The Kier molecular flexibility index (Phi) is 7.22. The van der Waals surface area contributed by atoms with Crippen molar-refractivity contribution in [3.63, 3.8) is 0 Å². The molecule has 4 rings (SSSR count). The lowest BCUT2D eigenvalue weighted by atomic mass is 9.72. The van der Waals surface area contributed by atoms with E-state index in [1.165, 1.54) is 12.4 Å². The number of anilines is 1. The number of hydrogen-bond acceptors (Lipinski definition) is 6. The number of amides is 1. The molecule has 1 aliphatic carbocycles. The second-order valence-electron chi connectivity index (χ2n) is 11.0. The van der Waals surface area contributed by atoms with Crippen LogP contribution in [-0.2, 0) is 11.0 Å². The van der Waals surface area contributed by atoms with Gasteiger partial charge >= 0.3 is 6.18 Å². The maximum Gasteiger partial charge on any atom is 0.416 e. The monoisotopic (exact) mass is 507 g/mol. The molecule has 0 radical (unpaired) electrons. The molecule has 2 fully saturated rings. The topological polar surface area (TPSA) is 81.6 Å². The predicted octanol–water partition coefficient (Wildman–Crippen LogP) is 4.31. The van der Waals surface area contributed by atoms with Gasteiger partial charge in [-0.1, -0.05) is 0 Å². The Bertz CT molecular complexity index is 1100. The zero-order valence-electron chi connectivity index (χ0n) is 21.5. The summed E-state index contributed by atoms with van der Waals surface area (Å²) in [5.74, 6) is 0.0191. The molecule has 1 amide bonds. The minimum absolute atomic E-state index is 0.0885. The van der Waals surface area contributed by atoms with E-state index in [1.54, 1.807) is 0 Å². The van der Waals surface area contributed by atoms with Crippen LogP contribution in [0.5, 0.6) is 0 Å². The standard InChI is InChI=1S/C26H36F3N5O2/c1-15(2)33(5)17-7-9-22(19(13-17)25(3,4)36)34-11-10-21(24(34)35)32-23-18-12-16(26(27,28)29)6-8-20(18)30-14-31-23/h6,8,12,14-15,17,19,21-22,36H,7,9-11,13H2,1-5H3,(H,30,31,32)/t17-,19-,21?,22+/m1/s1. The van der Waals surface area contributed by atoms with Crippen molar-refractivity contribution in [1.29, 1.82) is 0 Å². The van der Waals surface area contributed by atoms with Crippen LogP contribution < -0.4 is 5.32 Å². The fourth-order valence-electron chi connectivity index (χ4n) is 5.73. The molecule has 1 aliphatic heterocycles. The van der Waals surface area contributed by atoms with Crippen LogP contribution in [0.2, 0.25) is 0 Å². The van der Waals surface area contributed by atoms with Gasteiger partial charge in [-0.15, -0.1) is 0 Å². The Morgan fingerprint density at radius 3 is 2.53 bits per heavy atom. The highest BCUT2D eigenvalue weighted by atomic mass is 19.4. The summed E-state index contributed by atoms with van der Waals surface area (Å²) in [6.07, 6.45) is -0.179. The van der Waals surface area contributed by atoms with E-state index >= 15 is 0 Å². The maximum absolute atomic E-state index is 13.5. The number of aliphatic hydroxyl groups is 1. The average Bonchev–Trinajstić information content (AvgIpc) is 3.16. The van der Waals surface area contributed by atoms with Gasteiger partial charge in [0.05, 0.1) is 16.7 Å². The highest BCUT2D eigenvalue weighted by Gasteiger charge is 2.47. The lowest BCUT2D eigenvalue weighted by molar-refractivity contribution is -0.138. The third kappa shape index (κ3) is 5.29. The van der Waals surface area contributed by atoms with Crippen LogP contribution in [0.1, 0.15) is 58.9 Å². The van der Waals surface area contributed by atoms with Crippen molar-refractivity contribution in [1.82, 2.24) is 19.8 Å². The minimum Gasteiger partial charge on any atom is -0.390 e. The summed E-state index contributed by atoms with van der Waals surface area (Å²) in [7, 11) is 2.11. The first-order valence-corrected chi connectivity index (χ1v) is 12.6. The number of carbonyl (C=O) groups excluding carboxylic acids is 1. The van der Waals surface area contributed by atoms with Gasteiger partial charge in [0, 0.05) is 36.0 Å². The molecular formula is C26H36F3N5O2. The summed E-state index contributed by atoms with van der Waals surface area (Å²) in [6.45, 7) is 8.45. The van der Waals surface area contributed by atoms with Gasteiger partial charge in [-0.25, -0.2) is 9.97 Å². The van der Waals surface area contributed by atoms with Crippen molar-refractivity contribution in [3.05, 3.63) is 30.1 Å². The van der Waals surface area contributed by atoms with Crippen LogP contribution >= 0.6 is 0 Å². The number of halogens is 3. The fraction of sp³-hybridized carbons (Fsp3) is 0.654. The van der Waals surface area contributed by atoms with E-state index in [4.69, 9.17) is 0 Å². The smallest absolute Gasteiger partial charge is 0.390 e. The molecule has 2 aromatic rings. The van der Waals surface area contributed by atoms with Crippen LogP contribution in [0.4, 0.5) is 19.0 Å². The van der Waals surface area contributed by atoms with Gasteiger partial charge in [0.2, 0.25) is 5.91 Å². The molecule has 1 saturated carbocycles. The van der Waals surface area contributed by atoms with Crippen LogP contribution in [-0.4, -0.2) is 74.1 Å². The molecule has 2 heterocycles. The minimum atomic E-state index is -4.49. The zero-order chi connectivity index (χ0) is 26.4. The molecule has 2 aliphatic rings. The molecule has 1 saturated heterocycles. The molecule has 1 aromatic carbocycles. The number of nitrogens with zero attached hydrogens (tertiary/aromatic N) is 4. The van der Waals surface area contributed by atoms with Gasteiger partial charge in [0.15, 0.2) is 0 Å². The maximum atomic E-state index is 13.5. The second kappa shape index (κ2) is 9.78. The lowest BCUT2D eigenvalue weighted by Gasteiger charge is -2.48. The van der Waals surface area contributed by atoms with E-state index in [0.717, 1.165) is 31.4 Å². The average molecular weight is 508 g/mol.